The van der Waals surface area contributed by atoms with Crippen molar-refractivity contribution in [3.8, 4) is 0 Å². The lowest BCUT2D eigenvalue weighted by Crippen LogP contribution is -2.35. The summed E-state index contributed by atoms with van der Waals surface area (Å²) in [5.74, 6) is -1.68. The van der Waals surface area contributed by atoms with Crippen molar-refractivity contribution in [2.75, 3.05) is 26.4 Å². The molecule has 0 aliphatic carbocycles. The number of cyclic esters (lactones) is 2. The van der Waals surface area contributed by atoms with Crippen LogP contribution in [0.5, 0.6) is 0 Å². The largest absolute Gasteiger partial charge is 0.465 e. The minimum atomic E-state index is -4.78. The van der Waals surface area contributed by atoms with Crippen LogP contribution in [0.1, 0.15) is 84.5 Å². The number of hydrogen-bond donors (Lipinski definition) is 1. The lowest BCUT2D eigenvalue weighted by molar-refractivity contribution is -0.151. The van der Waals surface area contributed by atoms with Gasteiger partial charge in [0.1, 0.15) is 0 Å². The Kier molecular flexibility index (Phi) is 14.0. The van der Waals surface area contributed by atoms with E-state index in [9.17, 15) is 22.6 Å². The minimum Gasteiger partial charge on any atom is -0.465 e. The zero-order valence-electron chi connectivity index (χ0n) is 19.1. The maximum absolute atomic E-state index is 12.3. The van der Waals surface area contributed by atoms with Gasteiger partial charge >= 0.3 is 11.9 Å². The van der Waals surface area contributed by atoms with E-state index in [1.807, 2.05) is 13.8 Å². The van der Waals surface area contributed by atoms with Crippen molar-refractivity contribution in [1.82, 2.24) is 0 Å². The van der Waals surface area contributed by atoms with Crippen LogP contribution in [-0.4, -0.2) is 56.6 Å². The van der Waals surface area contributed by atoms with Gasteiger partial charge in [-0.25, -0.2) is 0 Å². The van der Waals surface area contributed by atoms with Gasteiger partial charge in [-0.2, -0.15) is 8.42 Å². The lowest BCUT2D eigenvalue weighted by atomic mass is 9.99. The highest BCUT2D eigenvalue weighted by molar-refractivity contribution is 7.87. The SMILES string of the molecule is CCC1CCCCOCCCCCCC(CC)COC(=O)C(S(=O)(=O)O)CC(=O)OC1. The topological polar surface area (TPSA) is 116 Å². The molecule has 1 N–H and O–H groups in total. The summed E-state index contributed by atoms with van der Waals surface area (Å²) in [5.41, 5.74) is 0. The second-order valence-electron chi connectivity index (χ2n) is 8.38. The summed E-state index contributed by atoms with van der Waals surface area (Å²) < 4.78 is 48.9. The zero-order chi connectivity index (χ0) is 23.1. The summed E-state index contributed by atoms with van der Waals surface area (Å²) >= 11 is 0. The third-order valence-corrected chi connectivity index (χ3v) is 6.95. The van der Waals surface area contributed by atoms with E-state index in [1.165, 1.54) is 0 Å². The van der Waals surface area contributed by atoms with E-state index in [-0.39, 0.29) is 25.0 Å². The van der Waals surface area contributed by atoms with Crippen LogP contribution >= 0.6 is 0 Å². The van der Waals surface area contributed by atoms with Crippen molar-refractivity contribution in [2.45, 2.75) is 89.7 Å². The quantitative estimate of drug-likeness (QED) is 0.493. The average Bonchev–Trinajstić information content (AvgIpc) is 2.72. The van der Waals surface area contributed by atoms with Gasteiger partial charge in [0.25, 0.3) is 10.1 Å². The first-order valence-electron chi connectivity index (χ1n) is 11.6. The molecule has 0 radical (unpaired) electrons. The number of rotatable bonds is 3. The predicted octanol–water partition coefficient (Wildman–Crippen LogP) is 3.92. The van der Waals surface area contributed by atoms with Crippen LogP contribution in [0.25, 0.3) is 0 Å². The highest BCUT2D eigenvalue weighted by atomic mass is 32.2. The van der Waals surface area contributed by atoms with Gasteiger partial charge in [0.15, 0.2) is 5.25 Å². The van der Waals surface area contributed by atoms with Gasteiger partial charge in [0.05, 0.1) is 19.6 Å². The first-order valence-corrected chi connectivity index (χ1v) is 13.1. The first kappa shape index (κ1) is 27.8. The fourth-order valence-corrected chi connectivity index (χ4v) is 4.22. The second-order valence-corrected chi connectivity index (χ2v) is 9.98. The number of esters is 2. The summed E-state index contributed by atoms with van der Waals surface area (Å²) in [6.07, 6.45) is 8.63. The molecule has 0 amide bonds. The van der Waals surface area contributed by atoms with E-state index in [1.54, 1.807) is 0 Å². The Hall–Kier alpha value is -1.19. The van der Waals surface area contributed by atoms with Gasteiger partial charge in [0, 0.05) is 13.2 Å². The fourth-order valence-electron chi connectivity index (χ4n) is 3.56. The van der Waals surface area contributed by atoms with Crippen LogP contribution in [0.3, 0.4) is 0 Å². The monoisotopic (exact) mass is 464 g/mol. The van der Waals surface area contributed by atoms with Crippen LogP contribution in [0, 0.1) is 11.8 Å². The van der Waals surface area contributed by atoms with Crippen molar-refractivity contribution >= 4 is 22.1 Å². The molecule has 1 aliphatic heterocycles. The molecule has 0 spiro atoms. The molecular formula is C22H40O8S. The zero-order valence-corrected chi connectivity index (χ0v) is 19.9. The third kappa shape index (κ3) is 12.4. The van der Waals surface area contributed by atoms with E-state index in [2.05, 4.69) is 0 Å². The van der Waals surface area contributed by atoms with Crippen molar-refractivity contribution < 1.29 is 36.8 Å². The summed E-state index contributed by atoms with van der Waals surface area (Å²) in [5, 5.41) is -1.95. The summed E-state index contributed by atoms with van der Waals surface area (Å²) in [7, 11) is -4.78. The van der Waals surface area contributed by atoms with Gasteiger partial charge in [-0.15, -0.1) is 0 Å². The molecule has 31 heavy (non-hydrogen) atoms. The highest BCUT2D eigenvalue weighted by Gasteiger charge is 2.36. The van der Waals surface area contributed by atoms with Crippen molar-refractivity contribution in [3.63, 3.8) is 0 Å². The molecule has 8 nitrogen and oxygen atoms in total. The molecule has 0 saturated carbocycles. The van der Waals surface area contributed by atoms with Gasteiger partial charge in [0.2, 0.25) is 0 Å². The molecule has 9 heteroatoms. The summed E-state index contributed by atoms with van der Waals surface area (Å²) in [4.78, 5) is 24.5. The molecule has 1 rings (SSSR count). The number of carbonyl (C=O) groups excluding carboxylic acids is 2. The van der Waals surface area contributed by atoms with E-state index >= 15 is 0 Å². The van der Waals surface area contributed by atoms with Crippen LogP contribution < -0.4 is 0 Å². The molecule has 3 atom stereocenters. The maximum Gasteiger partial charge on any atom is 0.327 e. The minimum absolute atomic E-state index is 0.0669. The van der Waals surface area contributed by atoms with Crippen LogP contribution in [0.4, 0.5) is 0 Å². The smallest absolute Gasteiger partial charge is 0.327 e. The normalized spacial score (nSPS) is 27.5. The van der Waals surface area contributed by atoms with Crippen molar-refractivity contribution in [1.29, 1.82) is 0 Å². The maximum atomic E-state index is 12.3. The molecule has 0 aromatic heterocycles. The number of carbonyl (C=O) groups is 2. The highest BCUT2D eigenvalue weighted by Crippen LogP contribution is 2.18. The molecule has 0 bridgehead atoms. The molecule has 1 aliphatic rings. The predicted molar refractivity (Wildman–Crippen MR) is 117 cm³/mol. The van der Waals surface area contributed by atoms with Gasteiger partial charge < -0.3 is 14.2 Å². The Morgan fingerprint density at radius 2 is 1.35 bits per heavy atom. The molecule has 3 unspecified atom stereocenters. The Morgan fingerprint density at radius 3 is 1.94 bits per heavy atom. The Morgan fingerprint density at radius 1 is 0.839 bits per heavy atom. The van der Waals surface area contributed by atoms with E-state index in [4.69, 9.17) is 14.2 Å². The van der Waals surface area contributed by atoms with Crippen LogP contribution in [0.15, 0.2) is 0 Å². The van der Waals surface area contributed by atoms with Gasteiger partial charge in [-0.3, -0.25) is 14.1 Å². The number of ether oxygens (including phenoxy) is 3. The van der Waals surface area contributed by atoms with E-state index in [0.29, 0.717) is 0 Å². The number of hydrogen-bond acceptors (Lipinski definition) is 7. The van der Waals surface area contributed by atoms with Crippen molar-refractivity contribution in [3.05, 3.63) is 0 Å². The molecule has 0 aromatic carbocycles. The lowest BCUT2D eigenvalue weighted by Gasteiger charge is -2.18. The summed E-state index contributed by atoms with van der Waals surface area (Å²) in [6, 6.07) is 0. The standard InChI is InChI=1S/C22H40O8S/c1-3-18-12-8-10-14-28-13-9-6-5-7-11-19(4-2)17-30-22(24)20(31(25,26)27)15-21(23)29-16-18/h18-20H,3-17H2,1-2H3,(H,25,26,27). The third-order valence-electron chi connectivity index (χ3n) is 5.87. The molecule has 1 fully saturated rings. The Balaban J connectivity index is 2.76. The molecule has 182 valence electrons. The molecular weight excluding hydrogens is 424 g/mol. The first-order chi connectivity index (χ1) is 14.8. The van der Waals surface area contributed by atoms with Gasteiger partial charge in [-0.1, -0.05) is 52.4 Å². The fraction of sp³-hybridized carbons (Fsp3) is 0.909. The molecule has 1 saturated heterocycles. The average molecular weight is 465 g/mol. The van der Waals surface area contributed by atoms with E-state index < -0.39 is 33.7 Å². The van der Waals surface area contributed by atoms with Crippen molar-refractivity contribution in [2.24, 2.45) is 11.8 Å². The second kappa shape index (κ2) is 15.6. The van der Waals surface area contributed by atoms with Gasteiger partial charge in [-0.05, 0) is 37.5 Å². The summed E-state index contributed by atoms with van der Waals surface area (Å²) in [6.45, 7) is 5.69. The molecule has 1 heterocycles. The van der Waals surface area contributed by atoms with Crippen LogP contribution in [-0.2, 0) is 33.9 Å². The Bertz CT molecular complexity index is 619. The van der Waals surface area contributed by atoms with E-state index in [0.717, 1.165) is 77.4 Å². The Labute approximate surface area is 187 Å². The van der Waals surface area contributed by atoms with Crippen LogP contribution in [0.2, 0.25) is 0 Å². The molecule has 0 aromatic rings.